The van der Waals surface area contributed by atoms with Crippen molar-refractivity contribution in [2.24, 2.45) is 0 Å². The molecule has 0 aliphatic carbocycles. The standard InChI is InChI=1S/C5H9ClO2/c1-4(6)5(3-7)8-2/h3-5H,1-2H3. The minimum Gasteiger partial charge on any atom is -0.372 e. The average Bonchev–Trinajstić information content (AvgIpc) is 1.69. The number of hydrogen-bond acceptors (Lipinski definition) is 2. The Bertz CT molecular complexity index is 72.8. The van der Waals surface area contributed by atoms with Crippen LogP contribution in [0.3, 0.4) is 0 Å². The molecular formula is C5H9ClO2. The van der Waals surface area contributed by atoms with Crippen LogP contribution in [0, 0.1) is 0 Å². The van der Waals surface area contributed by atoms with Crippen LogP contribution in [0.1, 0.15) is 6.92 Å². The molecular weight excluding hydrogens is 128 g/mol. The Labute approximate surface area is 53.8 Å². The van der Waals surface area contributed by atoms with Crippen LogP contribution >= 0.6 is 11.6 Å². The number of hydrogen-bond donors (Lipinski definition) is 0. The van der Waals surface area contributed by atoms with Gasteiger partial charge in [0.25, 0.3) is 0 Å². The Balaban J connectivity index is 3.51. The number of methoxy groups -OCH3 is 1. The van der Waals surface area contributed by atoms with Gasteiger partial charge in [-0.25, -0.2) is 0 Å². The number of aldehydes is 1. The van der Waals surface area contributed by atoms with Crippen molar-refractivity contribution in [2.45, 2.75) is 18.4 Å². The van der Waals surface area contributed by atoms with Gasteiger partial charge in [0, 0.05) is 7.11 Å². The maximum absolute atomic E-state index is 9.97. The van der Waals surface area contributed by atoms with Crippen molar-refractivity contribution >= 4 is 17.9 Å². The van der Waals surface area contributed by atoms with Crippen LogP contribution in [-0.4, -0.2) is 24.9 Å². The number of ether oxygens (including phenoxy) is 1. The zero-order chi connectivity index (χ0) is 6.57. The van der Waals surface area contributed by atoms with Crippen molar-refractivity contribution in [3.05, 3.63) is 0 Å². The molecule has 8 heavy (non-hydrogen) atoms. The third-order valence-corrected chi connectivity index (χ3v) is 1.11. The molecule has 0 amide bonds. The Morgan fingerprint density at radius 2 is 2.25 bits per heavy atom. The Kier molecular flexibility index (Phi) is 3.83. The van der Waals surface area contributed by atoms with E-state index in [1.165, 1.54) is 7.11 Å². The van der Waals surface area contributed by atoms with Crippen LogP contribution in [0.5, 0.6) is 0 Å². The van der Waals surface area contributed by atoms with Gasteiger partial charge in [0.2, 0.25) is 0 Å². The lowest BCUT2D eigenvalue weighted by molar-refractivity contribution is -0.116. The van der Waals surface area contributed by atoms with Crippen molar-refractivity contribution in [1.29, 1.82) is 0 Å². The second-order valence-corrected chi connectivity index (χ2v) is 2.20. The number of carbonyl (C=O) groups excluding carboxylic acids is 1. The predicted molar refractivity (Wildman–Crippen MR) is 32.2 cm³/mol. The molecule has 0 aliphatic rings. The van der Waals surface area contributed by atoms with Crippen LogP contribution in [-0.2, 0) is 9.53 Å². The summed E-state index contributed by atoms with van der Waals surface area (Å²) < 4.78 is 4.66. The zero-order valence-electron chi connectivity index (χ0n) is 4.93. The fourth-order valence-electron chi connectivity index (χ4n) is 0.351. The van der Waals surface area contributed by atoms with Gasteiger partial charge in [-0.1, -0.05) is 0 Å². The van der Waals surface area contributed by atoms with Gasteiger partial charge in [0.15, 0.2) is 0 Å². The van der Waals surface area contributed by atoms with Crippen LogP contribution in [0.2, 0.25) is 0 Å². The SMILES string of the molecule is COC(C=O)C(C)Cl. The summed E-state index contributed by atoms with van der Waals surface area (Å²) in [6.45, 7) is 1.71. The molecule has 0 rings (SSSR count). The van der Waals surface area contributed by atoms with Crippen molar-refractivity contribution < 1.29 is 9.53 Å². The Morgan fingerprint density at radius 1 is 1.75 bits per heavy atom. The Morgan fingerprint density at radius 3 is 2.25 bits per heavy atom. The minimum absolute atomic E-state index is 0.238. The van der Waals surface area contributed by atoms with Gasteiger partial charge in [-0.15, -0.1) is 11.6 Å². The summed E-state index contributed by atoms with van der Waals surface area (Å²) in [6.07, 6.45) is 0.231. The van der Waals surface area contributed by atoms with E-state index in [-0.39, 0.29) is 5.38 Å². The minimum atomic E-state index is -0.461. The lowest BCUT2D eigenvalue weighted by Gasteiger charge is -2.08. The molecule has 0 heterocycles. The molecule has 0 aromatic rings. The lowest BCUT2D eigenvalue weighted by Crippen LogP contribution is -2.21. The first-order valence-corrected chi connectivity index (χ1v) is 2.78. The molecule has 0 spiro atoms. The van der Waals surface area contributed by atoms with E-state index in [2.05, 4.69) is 4.74 Å². The van der Waals surface area contributed by atoms with Gasteiger partial charge < -0.3 is 9.53 Å². The van der Waals surface area contributed by atoms with Crippen molar-refractivity contribution in [3.8, 4) is 0 Å². The van der Waals surface area contributed by atoms with E-state index in [1.54, 1.807) is 6.92 Å². The third kappa shape index (κ3) is 2.28. The topological polar surface area (TPSA) is 26.3 Å². The lowest BCUT2D eigenvalue weighted by atomic mass is 10.3. The highest BCUT2D eigenvalue weighted by atomic mass is 35.5. The van der Waals surface area contributed by atoms with E-state index in [0.717, 1.165) is 0 Å². The molecule has 0 aromatic carbocycles. The first-order valence-electron chi connectivity index (χ1n) is 2.34. The first kappa shape index (κ1) is 7.92. The monoisotopic (exact) mass is 136 g/mol. The first-order chi connectivity index (χ1) is 3.72. The van der Waals surface area contributed by atoms with Crippen molar-refractivity contribution in [1.82, 2.24) is 0 Å². The largest absolute Gasteiger partial charge is 0.372 e. The van der Waals surface area contributed by atoms with Crippen LogP contribution in [0.15, 0.2) is 0 Å². The summed E-state index contributed by atoms with van der Waals surface area (Å²) in [7, 11) is 1.46. The molecule has 2 atom stereocenters. The summed E-state index contributed by atoms with van der Waals surface area (Å²) in [5, 5.41) is -0.238. The summed E-state index contributed by atoms with van der Waals surface area (Å²) in [5.74, 6) is 0. The van der Waals surface area contributed by atoms with E-state index in [1.807, 2.05) is 0 Å². The number of alkyl halides is 1. The van der Waals surface area contributed by atoms with Gasteiger partial charge in [-0.05, 0) is 6.92 Å². The maximum atomic E-state index is 9.97. The van der Waals surface area contributed by atoms with E-state index in [0.29, 0.717) is 6.29 Å². The van der Waals surface area contributed by atoms with Crippen LogP contribution in [0.4, 0.5) is 0 Å². The summed E-state index contributed by atoms with van der Waals surface area (Å²) in [4.78, 5) is 9.97. The molecule has 3 heteroatoms. The highest BCUT2D eigenvalue weighted by molar-refractivity contribution is 6.21. The molecule has 2 nitrogen and oxygen atoms in total. The molecule has 0 aromatic heterocycles. The zero-order valence-corrected chi connectivity index (χ0v) is 5.68. The van der Waals surface area contributed by atoms with Gasteiger partial charge in [0.1, 0.15) is 12.4 Å². The molecule has 0 saturated heterocycles. The molecule has 2 unspecified atom stereocenters. The molecule has 0 N–H and O–H groups in total. The molecule has 0 fully saturated rings. The molecule has 0 radical (unpaired) electrons. The Hall–Kier alpha value is -0.0800. The van der Waals surface area contributed by atoms with Crippen LogP contribution in [0.25, 0.3) is 0 Å². The summed E-state index contributed by atoms with van der Waals surface area (Å²) >= 11 is 5.49. The van der Waals surface area contributed by atoms with E-state index < -0.39 is 6.10 Å². The molecule has 0 saturated carbocycles. The molecule has 0 bridgehead atoms. The highest BCUT2D eigenvalue weighted by Gasteiger charge is 2.10. The van der Waals surface area contributed by atoms with Crippen molar-refractivity contribution in [3.63, 3.8) is 0 Å². The smallest absolute Gasteiger partial charge is 0.150 e. The fraction of sp³-hybridized carbons (Fsp3) is 0.800. The number of rotatable bonds is 3. The van der Waals surface area contributed by atoms with E-state index in [4.69, 9.17) is 11.6 Å². The molecule has 48 valence electrons. The average molecular weight is 137 g/mol. The van der Waals surface area contributed by atoms with Crippen molar-refractivity contribution in [2.75, 3.05) is 7.11 Å². The van der Waals surface area contributed by atoms with Gasteiger partial charge >= 0.3 is 0 Å². The summed E-state index contributed by atoms with van der Waals surface area (Å²) in [6, 6.07) is 0. The second-order valence-electron chi connectivity index (χ2n) is 1.51. The normalized spacial score (nSPS) is 17.4. The second kappa shape index (κ2) is 3.87. The quantitative estimate of drug-likeness (QED) is 0.424. The number of halogens is 1. The highest BCUT2D eigenvalue weighted by Crippen LogP contribution is 2.01. The molecule has 0 aliphatic heterocycles. The van der Waals surface area contributed by atoms with E-state index >= 15 is 0 Å². The van der Waals surface area contributed by atoms with E-state index in [9.17, 15) is 4.79 Å². The fourth-order valence-corrected chi connectivity index (χ4v) is 0.514. The maximum Gasteiger partial charge on any atom is 0.150 e. The van der Waals surface area contributed by atoms with Gasteiger partial charge in [-0.3, -0.25) is 0 Å². The van der Waals surface area contributed by atoms with Gasteiger partial charge in [0.05, 0.1) is 5.38 Å². The van der Waals surface area contributed by atoms with Gasteiger partial charge in [-0.2, -0.15) is 0 Å². The third-order valence-electron chi connectivity index (χ3n) is 0.859. The predicted octanol–water partition coefficient (Wildman–Crippen LogP) is 0.828. The number of carbonyl (C=O) groups is 1. The van der Waals surface area contributed by atoms with Crippen LogP contribution < -0.4 is 0 Å². The summed E-state index contributed by atoms with van der Waals surface area (Å²) in [5.41, 5.74) is 0.